The molecule has 0 saturated heterocycles. The number of aliphatic hydroxyl groups excluding tert-OH is 2. The minimum Gasteiger partial charge on any atom is -0.389 e. The summed E-state index contributed by atoms with van der Waals surface area (Å²) in [7, 11) is 0. The zero-order valence-corrected chi connectivity index (χ0v) is 7.94. The fourth-order valence-corrected chi connectivity index (χ4v) is 1.28. The van der Waals surface area contributed by atoms with Crippen molar-refractivity contribution in [3.63, 3.8) is 0 Å². The lowest BCUT2D eigenvalue weighted by Gasteiger charge is -2.18. The summed E-state index contributed by atoms with van der Waals surface area (Å²) < 4.78 is 13.1. The Hall–Kier alpha value is -0.970. The maximum atomic E-state index is 13.1. The van der Waals surface area contributed by atoms with E-state index in [1.807, 2.05) is 0 Å². The van der Waals surface area contributed by atoms with Gasteiger partial charge in [0.2, 0.25) is 0 Å². The molecule has 0 spiro atoms. The van der Waals surface area contributed by atoms with Crippen LogP contribution in [0.3, 0.4) is 0 Å². The van der Waals surface area contributed by atoms with Gasteiger partial charge < -0.3 is 15.9 Å². The number of hydrogen-bond donors (Lipinski definition) is 3. The molecule has 0 aliphatic rings. The minimum atomic E-state index is -1.13. The highest BCUT2D eigenvalue weighted by molar-refractivity contribution is 5.29. The standard InChI is InChI=1S/C10H14FNO2/c1-6-7(3-2-4-8(6)11)10(14)9(13)5-12/h2-4,9-10,13-14H,5,12H2,1H3. The molecule has 0 bridgehead atoms. The number of halogens is 1. The van der Waals surface area contributed by atoms with Crippen LogP contribution < -0.4 is 5.73 Å². The van der Waals surface area contributed by atoms with E-state index in [0.717, 1.165) is 0 Å². The van der Waals surface area contributed by atoms with Gasteiger partial charge in [0.1, 0.15) is 11.9 Å². The van der Waals surface area contributed by atoms with E-state index in [1.54, 1.807) is 13.0 Å². The molecule has 4 heteroatoms. The summed E-state index contributed by atoms with van der Waals surface area (Å²) in [5.74, 6) is -0.397. The van der Waals surface area contributed by atoms with Crippen LogP contribution in [0.15, 0.2) is 18.2 Å². The van der Waals surface area contributed by atoms with E-state index in [-0.39, 0.29) is 6.54 Å². The predicted molar refractivity (Wildman–Crippen MR) is 51.2 cm³/mol. The lowest BCUT2D eigenvalue weighted by molar-refractivity contribution is 0.0238. The Labute approximate surface area is 82.0 Å². The van der Waals surface area contributed by atoms with Gasteiger partial charge in [-0.2, -0.15) is 0 Å². The van der Waals surface area contributed by atoms with Crippen molar-refractivity contribution >= 4 is 0 Å². The van der Waals surface area contributed by atoms with Crippen molar-refractivity contribution in [1.29, 1.82) is 0 Å². The Balaban J connectivity index is 3.01. The first-order valence-corrected chi connectivity index (χ1v) is 4.39. The fourth-order valence-electron chi connectivity index (χ4n) is 1.28. The molecule has 1 aromatic rings. The smallest absolute Gasteiger partial charge is 0.126 e. The Morgan fingerprint density at radius 3 is 2.64 bits per heavy atom. The number of hydrogen-bond acceptors (Lipinski definition) is 3. The Bertz CT molecular complexity index is 317. The number of nitrogens with two attached hydrogens (primary N) is 1. The molecule has 0 amide bonds. The molecule has 0 aliphatic heterocycles. The first kappa shape index (κ1) is 11.1. The highest BCUT2D eigenvalue weighted by atomic mass is 19.1. The minimum absolute atomic E-state index is 0.0584. The van der Waals surface area contributed by atoms with Crippen LogP contribution in [0.2, 0.25) is 0 Å². The van der Waals surface area contributed by atoms with Gasteiger partial charge >= 0.3 is 0 Å². The Kier molecular flexibility index (Phi) is 3.57. The molecule has 4 N–H and O–H groups in total. The SMILES string of the molecule is Cc1c(F)cccc1C(O)C(O)CN. The summed E-state index contributed by atoms with van der Waals surface area (Å²) in [6, 6.07) is 4.37. The first-order valence-electron chi connectivity index (χ1n) is 4.39. The van der Waals surface area contributed by atoms with Crippen molar-refractivity contribution in [1.82, 2.24) is 0 Å². The average molecular weight is 199 g/mol. The molecule has 0 radical (unpaired) electrons. The highest BCUT2D eigenvalue weighted by Crippen LogP contribution is 2.22. The van der Waals surface area contributed by atoms with Gasteiger partial charge in [-0.25, -0.2) is 4.39 Å². The second kappa shape index (κ2) is 4.50. The van der Waals surface area contributed by atoms with E-state index < -0.39 is 18.0 Å². The third-order valence-corrected chi connectivity index (χ3v) is 2.23. The average Bonchev–Trinajstić information content (AvgIpc) is 2.20. The second-order valence-electron chi connectivity index (χ2n) is 3.20. The number of rotatable bonds is 3. The maximum absolute atomic E-state index is 13.1. The quantitative estimate of drug-likeness (QED) is 0.663. The molecule has 0 aliphatic carbocycles. The van der Waals surface area contributed by atoms with Crippen molar-refractivity contribution in [3.8, 4) is 0 Å². The monoisotopic (exact) mass is 199 g/mol. The molecule has 0 aromatic heterocycles. The summed E-state index contributed by atoms with van der Waals surface area (Å²) in [5.41, 5.74) is 5.91. The molecule has 1 aromatic carbocycles. The van der Waals surface area contributed by atoms with E-state index in [1.165, 1.54) is 12.1 Å². The van der Waals surface area contributed by atoms with Gasteiger partial charge in [-0.3, -0.25) is 0 Å². The van der Waals surface area contributed by atoms with Crippen LogP contribution in [0.25, 0.3) is 0 Å². The summed E-state index contributed by atoms with van der Waals surface area (Å²) in [4.78, 5) is 0. The van der Waals surface area contributed by atoms with Gasteiger partial charge in [-0.1, -0.05) is 12.1 Å². The maximum Gasteiger partial charge on any atom is 0.126 e. The zero-order chi connectivity index (χ0) is 10.7. The van der Waals surface area contributed by atoms with Crippen molar-refractivity contribution in [2.75, 3.05) is 6.54 Å². The van der Waals surface area contributed by atoms with E-state index >= 15 is 0 Å². The molecule has 0 fully saturated rings. The van der Waals surface area contributed by atoms with Gasteiger partial charge in [-0.15, -0.1) is 0 Å². The van der Waals surface area contributed by atoms with E-state index in [4.69, 9.17) is 5.73 Å². The summed E-state index contributed by atoms with van der Waals surface area (Å²) >= 11 is 0. The molecule has 2 unspecified atom stereocenters. The predicted octanol–water partition coefficient (Wildman–Crippen LogP) is 0.487. The van der Waals surface area contributed by atoms with Crippen LogP contribution in [0.5, 0.6) is 0 Å². The van der Waals surface area contributed by atoms with Crippen molar-refractivity contribution < 1.29 is 14.6 Å². The van der Waals surface area contributed by atoms with E-state index in [0.29, 0.717) is 11.1 Å². The lowest BCUT2D eigenvalue weighted by Crippen LogP contribution is -2.27. The van der Waals surface area contributed by atoms with E-state index in [9.17, 15) is 14.6 Å². The van der Waals surface area contributed by atoms with Gasteiger partial charge in [-0.05, 0) is 24.1 Å². The fraction of sp³-hybridized carbons (Fsp3) is 0.400. The normalized spacial score (nSPS) is 15.2. The molecule has 14 heavy (non-hydrogen) atoms. The molecule has 2 atom stereocenters. The van der Waals surface area contributed by atoms with Crippen LogP contribution in [-0.4, -0.2) is 22.9 Å². The Morgan fingerprint density at radius 2 is 2.07 bits per heavy atom. The summed E-state index contributed by atoms with van der Waals surface area (Å²) in [6.07, 6.45) is -2.19. The second-order valence-corrected chi connectivity index (χ2v) is 3.20. The number of aliphatic hydroxyl groups is 2. The Morgan fingerprint density at radius 1 is 1.43 bits per heavy atom. The molecular weight excluding hydrogens is 185 g/mol. The van der Waals surface area contributed by atoms with Crippen molar-refractivity contribution in [3.05, 3.63) is 35.1 Å². The first-order chi connectivity index (χ1) is 6.57. The zero-order valence-electron chi connectivity index (χ0n) is 7.94. The molecular formula is C10H14FNO2. The van der Waals surface area contributed by atoms with Gasteiger partial charge in [0.25, 0.3) is 0 Å². The largest absolute Gasteiger partial charge is 0.389 e. The number of benzene rings is 1. The molecule has 0 saturated carbocycles. The van der Waals surface area contributed by atoms with Crippen molar-refractivity contribution in [2.24, 2.45) is 5.73 Å². The third kappa shape index (κ3) is 2.09. The van der Waals surface area contributed by atoms with Crippen LogP contribution in [0, 0.1) is 12.7 Å². The van der Waals surface area contributed by atoms with Crippen molar-refractivity contribution in [2.45, 2.75) is 19.1 Å². The van der Waals surface area contributed by atoms with E-state index in [2.05, 4.69) is 0 Å². The van der Waals surface area contributed by atoms with Crippen LogP contribution in [0.4, 0.5) is 4.39 Å². The summed E-state index contributed by atoms with van der Waals surface area (Å²) in [6.45, 7) is 1.49. The molecule has 0 heterocycles. The van der Waals surface area contributed by atoms with Gasteiger partial charge in [0.15, 0.2) is 0 Å². The van der Waals surface area contributed by atoms with Crippen LogP contribution >= 0.6 is 0 Å². The van der Waals surface area contributed by atoms with Gasteiger partial charge in [0.05, 0.1) is 6.10 Å². The third-order valence-electron chi connectivity index (χ3n) is 2.23. The molecule has 3 nitrogen and oxygen atoms in total. The van der Waals surface area contributed by atoms with Crippen LogP contribution in [-0.2, 0) is 0 Å². The summed E-state index contributed by atoms with van der Waals surface area (Å²) in [5, 5.41) is 18.9. The molecule has 1 rings (SSSR count). The highest BCUT2D eigenvalue weighted by Gasteiger charge is 2.19. The lowest BCUT2D eigenvalue weighted by atomic mass is 9.99. The molecule has 78 valence electrons. The topological polar surface area (TPSA) is 66.5 Å². The van der Waals surface area contributed by atoms with Gasteiger partial charge in [0, 0.05) is 6.54 Å². The van der Waals surface area contributed by atoms with Crippen LogP contribution in [0.1, 0.15) is 17.2 Å².